The lowest BCUT2D eigenvalue weighted by molar-refractivity contribution is -0.129. The Morgan fingerprint density at radius 3 is 1.44 bits per heavy atom. The molecule has 0 rings (SSSR count). The summed E-state index contributed by atoms with van der Waals surface area (Å²) in [5.74, 6) is 0.226. The maximum absolute atomic E-state index is 12.1. The first kappa shape index (κ1) is 24.5. The highest BCUT2D eigenvalue weighted by Crippen LogP contribution is 2.24. The molecule has 0 saturated carbocycles. The average Bonchev–Trinajstić information content (AvgIpc) is 2.59. The second kappa shape index (κ2) is 16.9. The van der Waals surface area contributed by atoms with Crippen molar-refractivity contribution in [1.82, 2.24) is 5.32 Å². The van der Waals surface area contributed by atoms with E-state index in [1.807, 2.05) is 0 Å². The summed E-state index contributed by atoms with van der Waals surface area (Å²) in [5, 5.41) is 3.03. The third kappa shape index (κ3) is 15.4. The first-order chi connectivity index (χ1) is 12.0. The van der Waals surface area contributed by atoms with E-state index >= 15 is 0 Å². The van der Waals surface area contributed by atoms with Crippen LogP contribution in [0.25, 0.3) is 0 Å². The van der Waals surface area contributed by atoms with E-state index in [0.29, 0.717) is 0 Å². The molecule has 0 fully saturated rings. The summed E-state index contributed by atoms with van der Waals surface area (Å²) in [6.45, 7) is 9.35. The van der Waals surface area contributed by atoms with Crippen LogP contribution in [0.5, 0.6) is 0 Å². The number of hydrogen-bond acceptors (Lipinski definition) is 1. The molecule has 0 bridgehead atoms. The highest BCUT2D eigenvalue weighted by Gasteiger charge is 2.26. The predicted octanol–water partition coefficient (Wildman–Crippen LogP) is 7.41. The molecular formula is C23H47NO. The van der Waals surface area contributed by atoms with Crippen molar-refractivity contribution in [3.63, 3.8) is 0 Å². The molecule has 0 radical (unpaired) electrons. The Kier molecular flexibility index (Phi) is 16.6. The van der Waals surface area contributed by atoms with Crippen LogP contribution in [0.2, 0.25) is 0 Å². The summed E-state index contributed by atoms with van der Waals surface area (Å²) < 4.78 is 0. The monoisotopic (exact) mass is 353 g/mol. The molecule has 0 saturated heterocycles. The number of carbonyl (C=O) groups excluding carboxylic acids is 1. The van der Waals surface area contributed by atoms with Crippen molar-refractivity contribution in [3.8, 4) is 0 Å². The van der Waals surface area contributed by atoms with Gasteiger partial charge in [-0.2, -0.15) is 0 Å². The van der Waals surface area contributed by atoms with Crippen LogP contribution in [0.1, 0.15) is 130 Å². The van der Waals surface area contributed by atoms with Gasteiger partial charge < -0.3 is 5.32 Å². The normalized spacial score (nSPS) is 11.7. The van der Waals surface area contributed by atoms with Crippen LogP contribution in [0, 0.1) is 5.41 Å². The van der Waals surface area contributed by atoms with Gasteiger partial charge in [-0.1, -0.05) is 118 Å². The first-order valence-electron chi connectivity index (χ1n) is 11.3. The van der Waals surface area contributed by atoms with E-state index in [1.54, 1.807) is 0 Å². The average molecular weight is 354 g/mol. The van der Waals surface area contributed by atoms with E-state index in [0.717, 1.165) is 19.4 Å². The van der Waals surface area contributed by atoms with Crippen molar-refractivity contribution in [2.24, 2.45) is 5.41 Å². The number of amides is 1. The minimum atomic E-state index is -0.202. The van der Waals surface area contributed by atoms with Gasteiger partial charge in [0.15, 0.2) is 0 Å². The van der Waals surface area contributed by atoms with E-state index in [2.05, 4.69) is 33.0 Å². The van der Waals surface area contributed by atoms with Crippen molar-refractivity contribution in [2.75, 3.05) is 6.54 Å². The van der Waals surface area contributed by atoms with Crippen LogP contribution in [0.4, 0.5) is 0 Å². The van der Waals surface area contributed by atoms with Gasteiger partial charge in [-0.25, -0.2) is 0 Å². The van der Waals surface area contributed by atoms with Crippen LogP contribution < -0.4 is 5.32 Å². The fourth-order valence-corrected chi connectivity index (χ4v) is 3.35. The molecule has 0 spiro atoms. The SMILES string of the molecule is CCCCCCCCCCCCCCCCC(C)(C)C(=O)NCCC. The summed E-state index contributed by atoms with van der Waals surface area (Å²) in [6.07, 6.45) is 21.4. The zero-order valence-corrected chi connectivity index (χ0v) is 17.9. The Hall–Kier alpha value is -0.530. The molecule has 25 heavy (non-hydrogen) atoms. The molecule has 0 aromatic rings. The van der Waals surface area contributed by atoms with Gasteiger partial charge in [-0.05, 0) is 12.8 Å². The summed E-state index contributed by atoms with van der Waals surface area (Å²) in [6, 6.07) is 0. The van der Waals surface area contributed by atoms with E-state index in [9.17, 15) is 4.79 Å². The van der Waals surface area contributed by atoms with Gasteiger partial charge in [-0.15, -0.1) is 0 Å². The second-order valence-electron chi connectivity index (χ2n) is 8.49. The molecule has 0 aliphatic carbocycles. The van der Waals surface area contributed by atoms with Crippen molar-refractivity contribution >= 4 is 5.91 Å². The number of carbonyl (C=O) groups is 1. The highest BCUT2D eigenvalue weighted by molar-refractivity contribution is 5.81. The number of unbranched alkanes of at least 4 members (excludes halogenated alkanes) is 13. The Balaban J connectivity index is 3.34. The zero-order chi connectivity index (χ0) is 18.8. The Labute approximate surface area is 158 Å². The van der Waals surface area contributed by atoms with Crippen molar-refractivity contribution in [1.29, 1.82) is 0 Å². The topological polar surface area (TPSA) is 29.1 Å². The lowest BCUT2D eigenvalue weighted by Gasteiger charge is -2.23. The lowest BCUT2D eigenvalue weighted by atomic mass is 9.85. The quantitative estimate of drug-likeness (QED) is 0.255. The molecule has 150 valence electrons. The molecule has 2 heteroatoms. The van der Waals surface area contributed by atoms with Crippen molar-refractivity contribution < 1.29 is 4.79 Å². The third-order valence-electron chi connectivity index (χ3n) is 5.31. The van der Waals surface area contributed by atoms with Gasteiger partial charge in [-0.3, -0.25) is 4.79 Å². The summed E-state index contributed by atoms with van der Waals surface area (Å²) in [7, 11) is 0. The zero-order valence-electron chi connectivity index (χ0n) is 17.9. The van der Waals surface area contributed by atoms with Crippen LogP contribution in [0.15, 0.2) is 0 Å². The van der Waals surface area contributed by atoms with Crippen LogP contribution in [-0.4, -0.2) is 12.5 Å². The molecule has 0 aliphatic rings. The maximum Gasteiger partial charge on any atom is 0.225 e. The Morgan fingerprint density at radius 1 is 0.640 bits per heavy atom. The molecule has 0 unspecified atom stereocenters. The molecule has 0 aromatic carbocycles. The molecule has 0 atom stereocenters. The molecule has 2 nitrogen and oxygen atoms in total. The van der Waals surface area contributed by atoms with Gasteiger partial charge in [0.05, 0.1) is 0 Å². The fourth-order valence-electron chi connectivity index (χ4n) is 3.35. The second-order valence-corrected chi connectivity index (χ2v) is 8.49. The van der Waals surface area contributed by atoms with Gasteiger partial charge >= 0.3 is 0 Å². The summed E-state index contributed by atoms with van der Waals surface area (Å²) >= 11 is 0. The van der Waals surface area contributed by atoms with Gasteiger partial charge in [0.25, 0.3) is 0 Å². The maximum atomic E-state index is 12.1. The van der Waals surface area contributed by atoms with Crippen LogP contribution in [-0.2, 0) is 4.79 Å². The van der Waals surface area contributed by atoms with E-state index in [4.69, 9.17) is 0 Å². The standard InChI is InChI=1S/C23H47NO/c1-5-7-8-9-10-11-12-13-14-15-16-17-18-19-20-23(3,4)22(25)24-21-6-2/h5-21H2,1-4H3,(H,24,25). The van der Waals surface area contributed by atoms with E-state index in [1.165, 1.54) is 89.9 Å². The number of hydrogen-bond donors (Lipinski definition) is 1. The minimum Gasteiger partial charge on any atom is -0.356 e. The molecule has 1 amide bonds. The molecule has 0 heterocycles. The van der Waals surface area contributed by atoms with Crippen molar-refractivity contribution in [3.05, 3.63) is 0 Å². The molecule has 0 aromatic heterocycles. The van der Waals surface area contributed by atoms with Crippen molar-refractivity contribution in [2.45, 2.75) is 130 Å². The van der Waals surface area contributed by atoms with Crippen LogP contribution >= 0.6 is 0 Å². The fraction of sp³-hybridized carbons (Fsp3) is 0.957. The Bertz CT molecular complexity index is 298. The molecule has 1 N–H and O–H groups in total. The largest absolute Gasteiger partial charge is 0.356 e. The minimum absolute atomic E-state index is 0.202. The number of nitrogens with one attached hydrogen (secondary N) is 1. The Morgan fingerprint density at radius 2 is 1.04 bits per heavy atom. The van der Waals surface area contributed by atoms with E-state index < -0.39 is 0 Å². The van der Waals surface area contributed by atoms with Crippen LogP contribution in [0.3, 0.4) is 0 Å². The molecular weight excluding hydrogens is 306 g/mol. The number of rotatable bonds is 18. The smallest absolute Gasteiger partial charge is 0.225 e. The first-order valence-corrected chi connectivity index (χ1v) is 11.3. The van der Waals surface area contributed by atoms with E-state index in [-0.39, 0.29) is 11.3 Å². The third-order valence-corrected chi connectivity index (χ3v) is 5.31. The molecule has 0 aliphatic heterocycles. The predicted molar refractivity (Wildman–Crippen MR) is 112 cm³/mol. The van der Waals surface area contributed by atoms with Gasteiger partial charge in [0, 0.05) is 12.0 Å². The highest BCUT2D eigenvalue weighted by atomic mass is 16.2. The lowest BCUT2D eigenvalue weighted by Crippen LogP contribution is -2.37. The van der Waals surface area contributed by atoms with Gasteiger partial charge in [0.1, 0.15) is 0 Å². The van der Waals surface area contributed by atoms with Gasteiger partial charge in [0.2, 0.25) is 5.91 Å². The summed E-state index contributed by atoms with van der Waals surface area (Å²) in [5.41, 5.74) is -0.202. The summed E-state index contributed by atoms with van der Waals surface area (Å²) in [4.78, 5) is 12.1.